The molecule has 0 spiro atoms. The second-order valence-electron chi connectivity index (χ2n) is 5.49. The van der Waals surface area contributed by atoms with Crippen LogP contribution in [0.5, 0.6) is 0 Å². The number of aliphatic imine (C=N–C) groups is 2. The van der Waals surface area contributed by atoms with Gasteiger partial charge in [0.25, 0.3) is 0 Å². The van der Waals surface area contributed by atoms with Crippen LogP contribution in [0.15, 0.2) is 9.98 Å². The second kappa shape index (κ2) is 15.9. The van der Waals surface area contributed by atoms with E-state index in [0.717, 1.165) is 12.8 Å². The first-order valence-corrected chi connectivity index (χ1v) is 8.15. The quantitative estimate of drug-likeness (QED) is 0.102. The Labute approximate surface area is 152 Å². The molecule has 12 nitrogen and oxygen atoms in total. The third kappa shape index (κ3) is 19.4. The van der Waals surface area contributed by atoms with Crippen molar-refractivity contribution in [1.82, 2.24) is 0 Å². The van der Waals surface area contributed by atoms with Gasteiger partial charge in [-0.2, -0.15) is 0 Å². The first-order chi connectivity index (χ1) is 12.1. The van der Waals surface area contributed by atoms with E-state index in [4.69, 9.17) is 44.6 Å². The lowest BCUT2D eigenvalue weighted by Gasteiger charge is -2.04. The van der Waals surface area contributed by atoms with E-state index in [1.807, 2.05) is 0 Å². The molecule has 0 bridgehead atoms. The lowest BCUT2D eigenvalue weighted by molar-refractivity contribution is -0.139. The van der Waals surface area contributed by atoms with Gasteiger partial charge in [-0.1, -0.05) is 0 Å². The SMILES string of the molecule is NC(N)=NCCCC[C@H](N)C(=O)O.NC(N)=NCCCC[C@H](N)C(=O)O. The summed E-state index contributed by atoms with van der Waals surface area (Å²) in [5.41, 5.74) is 30.9. The summed E-state index contributed by atoms with van der Waals surface area (Å²) in [6, 6.07) is -1.56. The van der Waals surface area contributed by atoms with E-state index in [2.05, 4.69) is 9.98 Å². The number of nitrogens with zero attached hydrogens (tertiary/aromatic N) is 2. The Hall–Kier alpha value is -2.60. The van der Waals surface area contributed by atoms with Gasteiger partial charge in [0.2, 0.25) is 0 Å². The van der Waals surface area contributed by atoms with E-state index in [1.165, 1.54) is 0 Å². The van der Waals surface area contributed by atoms with Crippen molar-refractivity contribution in [3.05, 3.63) is 0 Å². The van der Waals surface area contributed by atoms with Gasteiger partial charge >= 0.3 is 11.9 Å². The van der Waals surface area contributed by atoms with Crippen LogP contribution >= 0.6 is 0 Å². The molecule has 26 heavy (non-hydrogen) atoms. The lowest BCUT2D eigenvalue weighted by atomic mass is 10.1. The van der Waals surface area contributed by atoms with Gasteiger partial charge in [0.15, 0.2) is 11.9 Å². The average Bonchev–Trinajstić information content (AvgIpc) is 2.53. The van der Waals surface area contributed by atoms with Crippen molar-refractivity contribution in [1.29, 1.82) is 0 Å². The molecule has 0 aliphatic rings. The molecule has 0 aliphatic heterocycles. The predicted molar refractivity (Wildman–Crippen MR) is 100 cm³/mol. The maximum absolute atomic E-state index is 10.3. The summed E-state index contributed by atoms with van der Waals surface area (Å²) < 4.78 is 0. The van der Waals surface area contributed by atoms with Crippen LogP contribution in [-0.4, -0.2) is 59.2 Å². The molecule has 12 heteroatoms. The number of carboxylic acids is 2. The van der Waals surface area contributed by atoms with Crippen LogP contribution in [0.25, 0.3) is 0 Å². The summed E-state index contributed by atoms with van der Waals surface area (Å²) in [4.78, 5) is 28.1. The van der Waals surface area contributed by atoms with Crippen molar-refractivity contribution in [3.8, 4) is 0 Å². The summed E-state index contributed by atoms with van der Waals surface area (Å²) >= 11 is 0. The monoisotopic (exact) mass is 376 g/mol. The molecule has 0 amide bonds. The van der Waals surface area contributed by atoms with Crippen LogP contribution in [-0.2, 0) is 9.59 Å². The molecule has 0 unspecified atom stereocenters. The Balaban J connectivity index is 0. The predicted octanol–water partition coefficient (Wildman–Crippen LogP) is -2.32. The average molecular weight is 376 g/mol. The number of carbonyl (C=O) groups is 2. The van der Waals surface area contributed by atoms with Crippen molar-refractivity contribution in [2.24, 2.45) is 44.4 Å². The lowest BCUT2D eigenvalue weighted by Crippen LogP contribution is -2.29. The molecule has 0 aromatic carbocycles. The zero-order valence-corrected chi connectivity index (χ0v) is 14.9. The molecule has 0 saturated carbocycles. The van der Waals surface area contributed by atoms with E-state index >= 15 is 0 Å². The van der Waals surface area contributed by atoms with Gasteiger partial charge in [-0.25, -0.2) is 0 Å². The van der Waals surface area contributed by atoms with E-state index in [-0.39, 0.29) is 11.9 Å². The van der Waals surface area contributed by atoms with E-state index < -0.39 is 24.0 Å². The minimum Gasteiger partial charge on any atom is -0.480 e. The topological polar surface area (TPSA) is 255 Å². The van der Waals surface area contributed by atoms with Crippen LogP contribution in [0.3, 0.4) is 0 Å². The summed E-state index contributed by atoms with van der Waals surface area (Å²) in [7, 11) is 0. The molecule has 0 rings (SSSR count). The summed E-state index contributed by atoms with van der Waals surface area (Å²) in [5, 5.41) is 16.9. The van der Waals surface area contributed by atoms with Crippen LogP contribution in [0.4, 0.5) is 0 Å². The molecule has 0 fully saturated rings. The number of guanidine groups is 2. The molecule has 0 aromatic rings. The van der Waals surface area contributed by atoms with Gasteiger partial charge in [-0.05, 0) is 38.5 Å². The zero-order chi connectivity index (χ0) is 20.5. The number of unbranched alkanes of at least 4 members (excludes halogenated alkanes) is 2. The molecule has 0 aromatic heterocycles. The summed E-state index contributed by atoms with van der Waals surface area (Å²) in [6.45, 7) is 1.04. The number of rotatable bonds is 12. The van der Waals surface area contributed by atoms with Crippen molar-refractivity contribution in [3.63, 3.8) is 0 Å². The van der Waals surface area contributed by atoms with E-state index in [0.29, 0.717) is 38.8 Å². The van der Waals surface area contributed by atoms with Crippen molar-refractivity contribution in [2.45, 2.75) is 50.6 Å². The van der Waals surface area contributed by atoms with Gasteiger partial charge in [0.1, 0.15) is 12.1 Å². The van der Waals surface area contributed by atoms with Gasteiger partial charge in [0, 0.05) is 13.1 Å². The third-order valence-corrected chi connectivity index (χ3v) is 3.07. The van der Waals surface area contributed by atoms with E-state index in [9.17, 15) is 9.59 Å². The fourth-order valence-corrected chi connectivity index (χ4v) is 1.62. The fraction of sp³-hybridized carbons (Fsp3) is 0.714. The fourth-order valence-electron chi connectivity index (χ4n) is 1.62. The molecule has 14 N–H and O–H groups in total. The number of aliphatic carboxylic acids is 2. The van der Waals surface area contributed by atoms with Crippen LogP contribution in [0, 0.1) is 0 Å². The Bertz CT molecular complexity index is 420. The molecular weight excluding hydrogens is 344 g/mol. The molecule has 0 saturated heterocycles. The number of hydrogen-bond donors (Lipinski definition) is 8. The van der Waals surface area contributed by atoms with Crippen molar-refractivity contribution < 1.29 is 19.8 Å². The Morgan fingerprint density at radius 1 is 0.692 bits per heavy atom. The highest BCUT2D eigenvalue weighted by molar-refractivity contribution is 5.76. The molecular formula is C14H32N8O4. The zero-order valence-electron chi connectivity index (χ0n) is 14.9. The maximum Gasteiger partial charge on any atom is 0.320 e. The second-order valence-corrected chi connectivity index (χ2v) is 5.49. The normalized spacial score (nSPS) is 12.1. The molecule has 0 heterocycles. The first kappa shape index (κ1) is 25.6. The Morgan fingerprint density at radius 2 is 1.00 bits per heavy atom. The van der Waals surface area contributed by atoms with Gasteiger partial charge in [-0.15, -0.1) is 0 Å². The first-order valence-electron chi connectivity index (χ1n) is 8.15. The van der Waals surface area contributed by atoms with Crippen LogP contribution in [0.2, 0.25) is 0 Å². The molecule has 0 aliphatic carbocycles. The smallest absolute Gasteiger partial charge is 0.320 e. The summed E-state index contributed by atoms with van der Waals surface area (Å²) in [5.74, 6) is -1.83. The Kier molecular flexibility index (Phi) is 15.7. The minimum absolute atomic E-state index is 0.0579. The minimum atomic E-state index is -0.971. The van der Waals surface area contributed by atoms with Gasteiger partial charge in [-0.3, -0.25) is 19.6 Å². The third-order valence-electron chi connectivity index (χ3n) is 3.07. The standard InChI is InChI=1S/2C7H16N4O2/c2*8-5(6(12)13)3-1-2-4-11-7(9)10/h2*5H,1-4,8H2,(H,12,13)(H4,9,10,11)/t2*5-/m00/s1. The summed E-state index contributed by atoms with van der Waals surface area (Å²) in [6.07, 6.45) is 3.83. The van der Waals surface area contributed by atoms with Gasteiger partial charge in [0.05, 0.1) is 0 Å². The number of hydrogen-bond acceptors (Lipinski definition) is 6. The van der Waals surface area contributed by atoms with Crippen molar-refractivity contribution >= 4 is 23.9 Å². The maximum atomic E-state index is 10.3. The number of nitrogens with two attached hydrogens (primary N) is 6. The largest absolute Gasteiger partial charge is 0.480 e. The van der Waals surface area contributed by atoms with Crippen LogP contribution in [0.1, 0.15) is 38.5 Å². The Morgan fingerprint density at radius 3 is 1.23 bits per heavy atom. The highest BCUT2D eigenvalue weighted by Crippen LogP contribution is 1.99. The van der Waals surface area contributed by atoms with Crippen LogP contribution < -0.4 is 34.4 Å². The van der Waals surface area contributed by atoms with E-state index in [1.54, 1.807) is 0 Å². The highest BCUT2D eigenvalue weighted by atomic mass is 16.4. The van der Waals surface area contributed by atoms with Crippen molar-refractivity contribution in [2.75, 3.05) is 13.1 Å². The molecule has 2 atom stereocenters. The highest BCUT2D eigenvalue weighted by Gasteiger charge is 2.10. The molecule has 152 valence electrons. The van der Waals surface area contributed by atoms with Gasteiger partial charge < -0.3 is 44.6 Å². The number of carboxylic acid groups (broad SMARTS) is 2. The molecule has 0 radical (unpaired) electrons.